The number of anilines is 1. The molecule has 2 heterocycles. The molecule has 0 aliphatic carbocycles. The summed E-state index contributed by atoms with van der Waals surface area (Å²) in [6.07, 6.45) is 0.854. The molecule has 0 amide bonds. The van der Waals surface area contributed by atoms with Crippen LogP contribution in [0.1, 0.15) is 22.4 Å². The zero-order valence-electron chi connectivity index (χ0n) is 10.7. The van der Waals surface area contributed by atoms with Gasteiger partial charge in [0.1, 0.15) is 0 Å². The first-order valence-electron chi connectivity index (χ1n) is 6.18. The fourth-order valence-electron chi connectivity index (χ4n) is 2.53. The van der Waals surface area contributed by atoms with Crippen LogP contribution in [0.3, 0.4) is 0 Å². The summed E-state index contributed by atoms with van der Waals surface area (Å²) in [6.45, 7) is 5.54. The maximum atomic E-state index is 5.69. The van der Waals surface area contributed by atoms with Gasteiger partial charge in [-0.3, -0.25) is 10.8 Å². The van der Waals surface area contributed by atoms with Crippen molar-refractivity contribution in [2.24, 2.45) is 5.84 Å². The quantitative estimate of drug-likeness (QED) is 0.595. The highest BCUT2D eigenvalue weighted by Gasteiger charge is 2.19. The first-order valence-corrected chi connectivity index (χ1v) is 6.18. The summed E-state index contributed by atoms with van der Waals surface area (Å²) >= 11 is 0. The van der Waals surface area contributed by atoms with Crippen molar-refractivity contribution in [1.29, 1.82) is 0 Å². The van der Waals surface area contributed by atoms with Crippen LogP contribution in [0.5, 0.6) is 0 Å². The third kappa shape index (κ3) is 1.57. The van der Waals surface area contributed by atoms with E-state index >= 15 is 0 Å². The highest BCUT2D eigenvalue weighted by atomic mass is 16.5. The van der Waals surface area contributed by atoms with E-state index in [2.05, 4.69) is 31.4 Å². The molecule has 1 aromatic carbocycles. The fourth-order valence-corrected chi connectivity index (χ4v) is 2.53. The molecule has 0 radical (unpaired) electrons. The summed E-state index contributed by atoms with van der Waals surface area (Å²) in [6, 6.07) is 4.19. The van der Waals surface area contributed by atoms with Crippen LogP contribution in [0, 0.1) is 13.8 Å². The zero-order chi connectivity index (χ0) is 12.7. The number of nitrogen functional groups attached to an aromatic ring is 1. The van der Waals surface area contributed by atoms with Crippen molar-refractivity contribution in [1.82, 2.24) is 4.98 Å². The van der Waals surface area contributed by atoms with Crippen LogP contribution in [0.15, 0.2) is 12.1 Å². The molecular formula is C14H17N3O. The number of aromatic nitrogens is 1. The van der Waals surface area contributed by atoms with E-state index in [0.717, 1.165) is 40.9 Å². The van der Waals surface area contributed by atoms with Crippen LogP contribution < -0.4 is 11.3 Å². The Hall–Kier alpha value is -1.65. The fraction of sp³-hybridized carbons (Fsp3) is 0.357. The average molecular weight is 243 g/mol. The number of benzene rings is 1. The van der Waals surface area contributed by atoms with Crippen molar-refractivity contribution < 1.29 is 4.74 Å². The third-order valence-electron chi connectivity index (χ3n) is 3.74. The van der Waals surface area contributed by atoms with Crippen LogP contribution in [0.4, 0.5) is 5.69 Å². The highest BCUT2D eigenvalue weighted by Crippen LogP contribution is 2.33. The molecule has 18 heavy (non-hydrogen) atoms. The molecule has 0 fully saturated rings. The number of hydrogen-bond acceptors (Lipinski definition) is 4. The van der Waals surface area contributed by atoms with Crippen molar-refractivity contribution in [3.05, 3.63) is 34.5 Å². The molecule has 3 rings (SSSR count). The van der Waals surface area contributed by atoms with Gasteiger partial charge in [0.25, 0.3) is 0 Å². The number of hydrazine groups is 1. The Morgan fingerprint density at radius 2 is 2.17 bits per heavy atom. The van der Waals surface area contributed by atoms with Crippen molar-refractivity contribution in [2.45, 2.75) is 26.9 Å². The molecule has 0 saturated heterocycles. The van der Waals surface area contributed by atoms with Crippen molar-refractivity contribution >= 4 is 16.6 Å². The van der Waals surface area contributed by atoms with Crippen molar-refractivity contribution in [2.75, 3.05) is 12.0 Å². The first-order chi connectivity index (χ1) is 8.72. The second-order valence-corrected chi connectivity index (χ2v) is 4.76. The van der Waals surface area contributed by atoms with E-state index in [1.807, 2.05) is 0 Å². The lowest BCUT2D eigenvalue weighted by Crippen LogP contribution is -2.18. The summed E-state index contributed by atoms with van der Waals surface area (Å²) in [7, 11) is 0. The molecule has 2 aromatic rings. The molecule has 1 aliphatic heterocycles. The van der Waals surface area contributed by atoms with E-state index in [1.165, 1.54) is 11.1 Å². The number of nitrogens with one attached hydrogen (secondary N) is 1. The van der Waals surface area contributed by atoms with E-state index < -0.39 is 0 Å². The van der Waals surface area contributed by atoms with Gasteiger partial charge < -0.3 is 10.2 Å². The molecule has 1 aliphatic rings. The van der Waals surface area contributed by atoms with Gasteiger partial charge in [-0.15, -0.1) is 0 Å². The number of pyridine rings is 1. The number of ether oxygens (including phenoxy) is 1. The minimum Gasteiger partial charge on any atom is -0.376 e. The van der Waals surface area contributed by atoms with Crippen LogP contribution in [-0.4, -0.2) is 11.6 Å². The summed E-state index contributed by atoms with van der Waals surface area (Å²) < 4.78 is 5.51. The van der Waals surface area contributed by atoms with E-state index in [1.54, 1.807) is 0 Å². The highest BCUT2D eigenvalue weighted by molar-refractivity contribution is 5.95. The molecular weight excluding hydrogens is 226 g/mol. The van der Waals surface area contributed by atoms with Gasteiger partial charge in [-0.25, -0.2) is 0 Å². The molecule has 1 aromatic heterocycles. The second kappa shape index (κ2) is 4.23. The van der Waals surface area contributed by atoms with E-state index in [0.29, 0.717) is 6.61 Å². The van der Waals surface area contributed by atoms with Crippen LogP contribution >= 0.6 is 0 Å². The summed E-state index contributed by atoms with van der Waals surface area (Å²) in [5.41, 5.74) is 9.50. The number of nitrogens with zero attached hydrogens (tertiary/aromatic N) is 1. The molecule has 0 atom stereocenters. The third-order valence-corrected chi connectivity index (χ3v) is 3.74. The van der Waals surface area contributed by atoms with Gasteiger partial charge in [-0.1, -0.05) is 12.1 Å². The molecule has 3 N–H and O–H groups in total. The second-order valence-electron chi connectivity index (χ2n) is 4.76. The van der Waals surface area contributed by atoms with E-state index in [4.69, 9.17) is 15.6 Å². The first kappa shape index (κ1) is 11.4. The van der Waals surface area contributed by atoms with Gasteiger partial charge in [-0.05, 0) is 25.0 Å². The maximum Gasteiger partial charge on any atom is 0.0758 e. The lowest BCUT2D eigenvalue weighted by Gasteiger charge is -2.21. The Bertz CT molecular complexity index is 622. The molecule has 0 unspecified atom stereocenters. The van der Waals surface area contributed by atoms with Crippen LogP contribution in [0.2, 0.25) is 0 Å². The number of rotatable bonds is 1. The van der Waals surface area contributed by atoms with Gasteiger partial charge in [0.15, 0.2) is 0 Å². The molecule has 4 nitrogen and oxygen atoms in total. The van der Waals surface area contributed by atoms with Crippen molar-refractivity contribution in [3.8, 4) is 0 Å². The predicted octanol–water partition coefficient (Wildman–Crippen LogP) is 2.21. The van der Waals surface area contributed by atoms with Gasteiger partial charge in [-0.2, -0.15) is 0 Å². The summed E-state index contributed by atoms with van der Waals surface area (Å²) in [5.74, 6) is 5.69. The smallest absolute Gasteiger partial charge is 0.0758 e. The number of fused-ring (bicyclic) bond motifs is 2. The van der Waals surface area contributed by atoms with Gasteiger partial charge >= 0.3 is 0 Å². The molecule has 4 heteroatoms. The van der Waals surface area contributed by atoms with Crippen LogP contribution in [0.25, 0.3) is 10.9 Å². The predicted molar refractivity (Wildman–Crippen MR) is 72.4 cm³/mol. The Morgan fingerprint density at radius 3 is 2.94 bits per heavy atom. The van der Waals surface area contributed by atoms with E-state index in [9.17, 15) is 0 Å². The minimum atomic E-state index is 0.588. The lowest BCUT2D eigenvalue weighted by atomic mass is 9.99. The van der Waals surface area contributed by atoms with Crippen LogP contribution in [-0.2, 0) is 17.8 Å². The lowest BCUT2D eigenvalue weighted by molar-refractivity contribution is 0.110. The Labute approximate surface area is 106 Å². The van der Waals surface area contributed by atoms with Gasteiger partial charge in [0.05, 0.1) is 30.1 Å². The average Bonchev–Trinajstić information content (AvgIpc) is 2.41. The largest absolute Gasteiger partial charge is 0.376 e. The Balaban J connectivity index is 2.40. The summed E-state index contributed by atoms with van der Waals surface area (Å²) in [5, 5.41) is 1.07. The van der Waals surface area contributed by atoms with E-state index in [-0.39, 0.29) is 0 Å². The molecule has 0 spiro atoms. The number of nitrogens with two attached hydrogens (primary N) is 1. The molecule has 94 valence electrons. The Kier molecular flexibility index (Phi) is 2.69. The SMILES string of the molecule is Cc1ccc2c(NN)c3c(nc2c1C)CCOC3. The Morgan fingerprint density at radius 1 is 1.33 bits per heavy atom. The molecule has 0 bridgehead atoms. The van der Waals surface area contributed by atoms with Crippen molar-refractivity contribution in [3.63, 3.8) is 0 Å². The molecule has 0 saturated carbocycles. The number of aryl methyl sites for hydroxylation is 2. The maximum absolute atomic E-state index is 5.69. The van der Waals surface area contributed by atoms with Gasteiger partial charge in [0, 0.05) is 17.4 Å². The zero-order valence-corrected chi connectivity index (χ0v) is 10.7. The standard InChI is InChI=1S/C14H17N3O/c1-8-3-4-10-13(9(8)2)16-12-5-6-18-7-11(12)14(10)17-15/h3-4H,5-7,15H2,1-2H3,(H,16,17). The topological polar surface area (TPSA) is 60.2 Å². The summed E-state index contributed by atoms with van der Waals surface area (Å²) in [4.78, 5) is 4.81. The number of hydrogen-bond donors (Lipinski definition) is 2. The van der Waals surface area contributed by atoms with Gasteiger partial charge in [0.2, 0.25) is 0 Å². The minimum absolute atomic E-state index is 0.588. The monoisotopic (exact) mass is 243 g/mol. The normalized spacial score (nSPS) is 14.6.